The van der Waals surface area contributed by atoms with Crippen molar-refractivity contribution in [2.24, 2.45) is 0 Å². The summed E-state index contributed by atoms with van der Waals surface area (Å²) in [4.78, 5) is 13.3. The summed E-state index contributed by atoms with van der Waals surface area (Å²) in [6.07, 6.45) is 0. The number of nitrogens with one attached hydrogen (secondary N) is 1. The van der Waals surface area contributed by atoms with Gasteiger partial charge in [-0.1, -0.05) is 32.0 Å². The van der Waals surface area contributed by atoms with E-state index < -0.39 is 0 Å². The fourth-order valence-corrected chi connectivity index (χ4v) is 2.38. The second-order valence-corrected chi connectivity index (χ2v) is 5.31. The number of hydrogen-bond acceptors (Lipinski definition) is 2. The predicted molar refractivity (Wildman–Crippen MR) is 73.7 cm³/mol. The predicted octanol–water partition coefficient (Wildman–Crippen LogP) is 2.71. The number of rotatable bonds is 3. The third-order valence-electron chi connectivity index (χ3n) is 3.59. The summed E-state index contributed by atoms with van der Waals surface area (Å²) in [5.74, 6) is 0.465. The molecule has 2 amide bonds. The monoisotopic (exact) mass is 257 g/mol. The van der Waals surface area contributed by atoms with Crippen molar-refractivity contribution in [3.8, 4) is 6.07 Å². The maximum atomic E-state index is 11.7. The smallest absolute Gasteiger partial charge is 0.318 e. The Morgan fingerprint density at radius 1 is 1.53 bits per heavy atom. The molecular weight excluding hydrogens is 238 g/mol. The molecule has 4 heteroatoms. The minimum absolute atomic E-state index is 0.0143. The molecule has 4 nitrogen and oxygen atoms in total. The second-order valence-electron chi connectivity index (χ2n) is 5.31. The second kappa shape index (κ2) is 5.31. The summed E-state index contributed by atoms with van der Waals surface area (Å²) in [6, 6.07) is 8.26. The Kier molecular flexibility index (Phi) is 3.75. The van der Waals surface area contributed by atoms with E-state index in [2.05, 4.69) is 44.3 Å². The topological polar surface area (TPSA) is 56.1 Å². The highest BCUT2D eigenvalue weighted by Crippen LogP contribution is 2.26. The van der Waals surface area contributed by atoms with Crippen LogP contribution in [0.15, 0.2) is 18.2 Å². The van der Waals surface area contributed by atoms with Gasteiger partial charge >= 0.3 is 6.03 Å². The summed E-state index contributed by atoms with van der Waals surface area (Å²) in [5.41, 5.74) is 3.60. The van der Waals surface area contributed by atoms with Crippen LogP contribution in [0, 0.1) is 18.3 Å². The molecule has 1 aromatic rings. The van der Waals surface area contributed by atoms with Crippen LogP contribution in [0.1, 0.15) is 42.5 Å². The molecule has 1 N–H and O–H groups in total. The summed E-state index contributed by atoms with van der Waals surface area (Å²) in [5, 5.41) is 11.6. The molecule has 0 spiro atoms. The van der Waals surface area contributed by atoms with Crippen molar-refractivity contribution in [1.29, 1.82) is 5.26 Å². The lowest BCUT2D eigenvalue weighted by Gasteiger charge is -2.16. The molecule has 0 aliphatic carbocycles. The third-order valence-corrected chi connectivity index (χ3v) is 3.59. The van der Waals surface area contributed by atoms with Gasteiger partial charge in [0.2, 0.25) is 0 Å². The molecule has 0 saturated carbocycles. The van der Waals surface area contributed by atoms with Crippen LogP contribution in [0.5, 0.6) is 0 Å². The maximum absolute atomic E-state index is 11.7. The number of nitrogens with zero attached hydrogens (tertiary/aromatic N) is 2. The van der Waals surface area contributed by atoms with Crippen LogP contribution < -0.4 is 5.32 Å². The van der Waals surface area contributed by atoms with Gasteiger partial charge in [-0.15, -0.1) is 0 Å². The fourth-order valence-electron chi connectivity index (χ4n) is 2.38. The van der Waals surface area contributed by atoms with E-state index in [1.807, 2.05) is 6.07 Å². The number of nitriles is 1. The summed E-state index contributed by atoms with van der Waals surface area (Å²) < 4.78 is 0. The van der Waals surface area contributed by atoms with Gasteiger partial charge in [-0.25, -0.2) is 4.79 Å². The summed E-state index contributed by atoms with van der Waals surface area (Å²) in [6.45, 7) is 7.08. The van der Waals surface area contributed by atoms with Gasteiger partial charge in [0, 0.05) is 6.54 Å². The van der Waals surface area contributed by atoms with E-state index >= 15 is 0 Å². The molecule has 0 bridgehead atoms. The standard InChI is InChI=1S/C15H19N3O/c1-10(2)12-5-4-11(3)13(8-12)14-9-18(7-6-16)15(19)17-14/h4-5,8,10,14H,7,9H2,1-3H3,(H,17,19). The number of amides is 2. The molecule has 1 aliphatic rings. The molecule has 19 heavy (non-hydrogen) atoms. The molecule has 0 radical (unpaired) electrons. The fraction of sp³-hybridized carbons (Fsp3) is 0.467. The number of urea groups is 1. The lowest BCUT2D eigenvalue weighted by Crippen LogP contribution is -2.28. The highest BCUT2D eigenvalue weighted by atomic mass is 16.2. The Hall–Kier alpha value is -2.02. The molecule has 2 rings (SSSR count). The molecule has 1 saturated heterocycles. The zero-order valence-corrected chi connectivity index (χ0v) is 11.6. The molecule has 1 heterocycles. The van der Waals surface area contributed by atoms with Crippen LogP contribution >= 0.6 is 0 Å². The minimum Gasteiger partial charge on any atom is -0.329 e. The Labute approximate surface area is 114 Å². The molecule has 1 atom stereocenters. The number of benzene rings is 1. The van der Waals surface area contributed by atoms with E-state index in [4.69, 9.17) is 5.26 Å². The first-order valence-corrected chi connectivity index (χ1v) is 6.55. The number of hydrogen-bond donors (Lipinski definition) is 1. The van der Waals surface area contributed by atoms with Crippen molar-refractivity contribution in [2.75, 3.05) is 13.1 Å². The van der Waals surface area contributed by atoms with Crippen LogP contribution in [-0.4, -0.2) is 24.0 Å². The summed E-state index contributed by atoms with van der Waals surface area (Å²) in [7, 11) is 0. The quantitative estimate of drug-likeness (QED) is 0.846. The van der Waals surface area contributed by atoms with Gasteiger partial charge in [-0.3, -0.25) is 0 Å². The molecule has 100 valence electrons. The van der Waals surface area contributed by atoms with E-state index in [-0.39, 0.29) is 18.6 Å². The average molecular weight is 257 g/mol. The highest BCUT2D eigenvalue weighted by molar-refractivity contribution is 5.77. The Balaban J connectivity index is 2.26. The van der Waals surface area contributed by atoms with Gasteiger partial charge in [-0.2, -0.15) is 5.26 Å². The van der Waals surface area contributed by atoms with Gasteiger partial charge in [0.25, 0.3) is 0 Å². The molecule has 0 aromatic heterocycles. The Morgan fingerprint density at radius 3 is 2.89 bits per heavy atom. The van der Waals surface area contributed by atoms with Crippen LogP contribution in [-0.2, 0) is 0 Å². The Bertz CT molecular complexity index is 531. The molecule has 1 fully saturated rings. The van der Waals surface area contributed by atoms with E-state index in [0.717, 1.165) is 5.56 Å². The summed E-state index contributed by atoms with van der Waals surface area (Å²) >= 11 is 0. The van der Waals surface area contributed by atoms with Crippen molar-refractivity contribution in [2.45, 2.75) is 32.7 Å². The van der Waals surface area contributed by atoms with Crippen LogP contribution in [0.25, 0.3) is 0 Å². The molecule has 1 aliphatic heterocycles. The Morgan fingerprint density at radius 2 is 2.26 bits per heavy atom. The number of aryl methyl sites for hydroxylation is 1. The van der Waals surface area contributed by atoms with E-state index in [1.165, 1.54) is 11.1 Å². The van der Waals surface area contributed by atoms with Crippen LogP contribution in [0.3, 0.4) is 0 Å². The van der Waals surface area contributed by atoms with Gasteiger partial charge in [0.05, 0.1) is 12.1 Å². The van der Waals surface area contributed by atoms with Crippen LogP contribution in [0.2, 0.25) is 0 Å². The minimum atomic E-state index is -0.152. The zero-order valence-electron chi connectivity index (χ0n) is 11.6. The van der Waals surface area contributed by atoms with Gasteiger partial charge in [0.1, 0.15) is 6.54 Å². The van der Waals surface area contributed by atoms with Gasteiger partial charge in [-0.05, 0) is 29.5 Å². The van der Waals surface area contributed by atoms with Gasteiger partial charge < -0.3 is 10.2 Å². The lowest BCUT2D eigenvalue weighted by atomic mass is 9.94. The maximum Gasteiger partial charge on any atom is 0.318 e. The third kappa shape index (κ3) is 2.70. The SMILES string of the molecule is Cc1ccc(C(C)C)cc1C1CN(CC#N)C(=O)N1. The lowest BCUT2D eigenvalue weighted by molar-refractivity contribution is 0.222. The molecular formula is C15H19N3O. The van der Waals surface area contributed by atoms with Crippen LogP contribution in [0.4, 0.5) is 4.79 Å². The van der Waals surface area contributed by atoms with E-state index in [0.29, 0.717) is 12.5 Å². The van der Waals surface area contributed by atoms with Crippen molar-refractivity contribution < 1.29 is 4.79 Å². The highest BCUT2D eigenvalue weighted by Gasteiger charge is 2.30. The average Bonchev–Trinajstić information content (AvgIpc) is 2.71. The van der Waals surface area contributed by atoms with Gasteiger partial charge in [0.15, 0.2) is 0 Å². The van der Waals surface area contributed by atoms with Crippen molar-refractivity contribution >= 4 is 6.03 Å². The molecule has 1 unspecified atom stereocenters. The van der Waals surface area contributed by atoms with Crippen molar-refractivity contribution in [3.63, 3.8) is 0 Å². The first kappa shape index (κ1) is 13.4. The van der Waals surface area contributed by atoms with E-state index in [9.17, 15) is 4.79 Å². The zero-order chi connectivity index (χ0) is 14.0. The number of carbonyl (C=O) groups is 1. The first-order valence-electron chi connectivity index (χ1n) is 6.55. The molecule has 1 aromatic carbocycles. The largest absolute Gasteiger partial charge is 0.329 e. The first-order chi connectivity index (χ1) is 9.02. The normalized spacial score (nSPS) is 18.6. The van der Waals surface area contributed by atoms with Crippen molar-refractivity contribution in [1.82, 2.24) is 10.2 Å². The number of carbonyl (C=O) groups excluding carboxylic acids is 1. The van der Waals surface area contributed by atoms with E-state index in [1.54, 1.807) is 4.90 Å². The van der Waals surface area contributed by atoms with Crippen molar-refractivity contribution in [3.05, 3.63) is 34.9 Å².